The minimum absolute atomic E-state index is 0.0384. The number of sulfone groups is 2. The van der Waals surface area contributed by atoms with E-state index in [0.717, 1.165) is 0 Å². The van der Waals surface area contributed by atoms with E-state index in [1.54, 1.807) is 4.90 Å². The maximum absolute atomic E-state index is 11.8. The lowest BCUT2D eigenvalue weighted by molar-refractivity contribution is 0.591. The third-order valence-electron chi connectivity index (χ3n) is 3.31. The van der Waals surface area contributed by atoms with Gasteiger partial charge >= 0.3 is 0 Å². The van der Waals surface area contributed by atoms with Crippen molar-refractivity contribution >= 4 is 60.4 Å². The van der Waals surface area contributed by atoms with Gasteiger partial charge in [-0.25, -0.2) is 16.8 Å². The summed E-state index contributed by atoms with van der Waals surface area (Å²) in [5.41, 5.74) is 0. The van der Waals surface area contributed by atoms with Crippen LogP contribution in [-0.4, -0.2) is 79.6 Å². The first-order chi connectivity index (χ1) is 12.2. The van der Waals surface area contributed by atoms with Gasteiger partial charge in [0.15, 0.2) is 19.7 Å². The maximum atomic E-state index is 11.8. The van der Waals surface area contributed by atoms with Crippen molar-refractivity contribution in [2.75, 3.05) is 52.8 Å². The van der Waals surface area contributed by atoms with E-state index in [1.807, 2.05) is 0 Å². The van der Waals surface area contributed by atoms with Gasteiger partial charge in [-0.05, 0) is 24.4 Å². The first kappa shape index (κ1) is 23.6. The predicted molar refractivity (Wildman–Crippen MR) is 104 cm³/mol. The summed E-state index contributed by atoms with van der Waals surface area (Å²) in [5, 5.41) is -0.0514. The van der Waals surface area contributed by atoms with E-state index in [9.17, 15) is 16.8 Å². The zero-order chi connectivity index (χ0) is 19.6. The molecule has 0 N–H and O–H groups in total. The predicted octanol–water partition coefficient (Wildman–Crippen LogP) is 1.22. The highest BCUT2D eigenvalue weighted by Gasteiger charge is 2.16. The van der Waals surface area contributed by atoms with Gasteiger partial charge in [0.1, 0.15) is 0 Å². The Morgan fingerprint density at radius 2 is 1.35 bits per heavy atom. The number of nitrogens with zero attached hydrogens (tertiary/aromatic N) is 4. The van der Waals surface area contributed by atoms with Crippen molar-refractivity contribution < 1.29 is 16.8 Å². The molecule has 13 heteroatoms. The number of aromatic nitrogens is 3. The van der Waals surface area contributed by atoms with Crippen molar-refractivity contribution in [3.05, 3.63) is 11.6 Å². The van der Waals surface area contributed by atoms with Crippen LogP contribution in [0.5, 0.6) is 0 Å². The van der Waals surface area contributed by atoms with Crippen LogP contribution >= 0.6 is 34.8 Å². The van der Waals surface area contributed by atoms with Gasteiger partial charge < -0.3 is 4.90 Å². The molecule has 0 atom stereocenters. The Labute approximate surface area is 169 Å². The molecule has 0 spiro atoms. The molecule has 1 heterocycles. The van der Waals surface area contributed by atoms with Crippen molar-refractivity contribution in [3.63, 3.8) is 0 Å². The van der Waals surface area contributed by atoms with Gasteiger partial charge in [-0.1, -0.05) is 0 Å². The third kappa shape index (κ3) is 9.50. The van der Waals surface area contributed by atoms with Crippen LogP contribution in [0.25, 0.3) is 0 Å². The van der Waals surface area contributed by atoms with Gasteiger partial charge in [0, 0.05) is 24.8 Å². The molecule has 1 aromatic heterocycles. The second-order valence-corrected chi connectivity index (χ2v) is 11.1. The summed E-state index contributed by atoms with van der Waals surface area (Å²) in [6.07, 6.45) is 2.99. The van der Waals surface area contributed by atoms with Crippen molar-refractivity contribution in [3.8, 4) is 0 Å². The molecule has 0 aromatic carbocycles. The minimum atomic E-state index is -3.22. The van der Waals surface area contributed by atoms with Gasteiger partial charge in [0.25, 0.3) is 0 Å². The van der Waals surface area contributed by atoms with Crippen LogP contribution in [0, 0.1) is 6.33 Å². The summed E-state index contributed by atoms with van der Waals surface area (Å²) < 4.78 is 47.0. The number of hydrogen-bond acceptors (Lipinski definition) is 8. The minimum Gasteiger partial charge on any atom is -0.341 e. The fourth-order valence-electron chi connectivity index (χ4n) is 2.09. The van der Waals surface area contributed by atoms with Crippen LogP contribution < -0.4 is 4.90 Å². The monoisotopic (exact) mass is 465 g/mol. The van der Waals surface area contributed by atoms with Gasteiger partial charge in [0.2, 0.25) is 17.6 Å². The Bertz CT molecular complexity index is 720. The quantitative estimate of drug-likeness (QED) is 0.399. The van der Waals surface area contributed by atoms with E-state index in [-0.39, 0.29) is 46.0 Å². The second kappa shape index (κ2) is 11.4. The van der Waals surface area contributed by atoms with Crippen LogP contribution in [0.15, 0.2) is 0 Å². The molecule has 0 unspecified atom stereocenters. The molecule has 0 aliphatic carbocycles. The van der Waals surface area contributed by atoms with E-state index < -0.39 is 19.7 Å². The molecule has 0 fully saturated rings. The largest absolute Gasteiger partial charge is 0.341 e. The molecule has 1 rings (SSSR count). The van der Waals surface area contributed by atoms with Crippen LogP contribution in [0.4, 0.5) is 5.95 Å². The van der Waals surface area contributed by atoms with Crippen LogP contribution in [0.2, 0.25) is 5.28 Å². The van der Waals surface area contributed by atoms with E-state index in [2.05, 4.69) is 21.3 Å². The maximum Gasteiger partial charge on any atom is 0.230 e. The van der Waals surface area contributed by atoms with Crippen molar-refractivity contribution in [1.82, 2.24) is 15.0 Å². The van der Waals surface area contributed by atoms with Gasteiger partial charge in [-0.15, -0.1) is 23.2 Å². The highest BCUT2D eigenvalue weighted by Crippen LogP contribution is 2.11. The van der Waals surface area contributed by atoms with Crippen LogP contribution in [0.1, 0.15) is 12.8 Å². The number of anilines is 1. The molecule has 26 heavy (non-hydrogen) atoms. The fraction of sp³-hybridized carbons (Fsp3) is 0.769. The summed E-state index contributed by atoms with van der Waals surface area (Å²) in [4.78, 5) is 13.1. The first-order valence-electron chi connectivity index (χ1n) is 7.74. The molecular formula is C13H20Cl3N4O4S2. The summed E-state index contributed by atoms with van der Waals surface area (Å²) in [7, 11) is -6.45. The number of halogens is 3. The third-order valence-corrected chi connectivity index (χ3v) is 7.78. The molecule has 0 saturated carbocycles. The van der Waals surface area contributed by atoms with Crippen molar-refractivity contribution in [1.29, 1.82) is 0 Å². The van der Waals surface area contributed by atoms with Crippen LogP contribution in [-0.2, 0) is 19.7 Å². The van der Waals surface area contributed by atoms with Crippen molar-refractivity contribution in [2.45, 2.75) is 12.8 Å². The molecule has 1 aromatic rings. The van der Waals surface area contributed by atoms with E-state index in [1.165, 1.54) is 0 Å². The summed E-state index contributed by atoms with van der Waals surface area (Å²) in [6, 6.07) is 0. The molecule has 1 radical (unpaired) electrons. The van der Waals surface area contributed by atoms with Gasteiger partial charge in [-0.2, -0.15) is 15.0 Å². The Hall–Kier alpha value is -0.420. The highest BCUT2D eigenvalue weighted by atomic mass is 35.5. The lowest BCUT2D eigenvalue weighted by Gasteiger charge is -2.22. The summed E-state index contributed by atoms with van der Waals surface area (Å²) in [6.45, 7) is 0.622. The molecule has 0 aliphatic heterocycles. The fourth-order valence-corrected chi connectivity index (χ4v) is 5.63. The smallest absolute Gasteiger partial charge is 0.230 e. The van der Waals surface area contributed by atoms with E-state index >= 15 is 0 Å². The topological polar surface area (TPSA) is 110 Å². The zero-order valence-electron chi connectivity index (χ0n) is 13.9. The second-order valence-electron chi connectivity index (χ2n) is 5.38. The Morgan fingerprint density at radius 3 is 1.77 bits per heavy atom. The Kier molecular flexibility index (Phi) is 10.4. The lowest BCUT2D eigenvalue weighted by atomic mass is 10.4. The number of alkyl halides is 2. The number of rotatable bonds is 13. The molecular weight excluding hydrogens is 447 g/mol. The zero-order valence-corrected chi connectivity index (χ0v) is 17.8. The molecule has 0 amide bonds. The Morgan fingerprint density at radius 1 is 0.846 bits per heavy atom. The summed E-state index contributed by atoms with van der Waals surface area (Å²) >= 11 is 16.7. The SMILES string of the molecule is O=S(=O)(CCCl)CCCN(CCCS(=O)(=O)CCCl)c1n[c]nc(Cl)n1. The van der Waals surface area contributed by atoms with Crippen LogP contribution in [0.3, 0.4) is 0 Å². The molecule has 8 nitrogen and oxygen atoms in total. The van der Waals surface area contributed by atoms with Crippen molar-refractivity contribution in [2.24, 2.45) is 0 Å². The summed E-state index contributed by atoms with van der Waals surface area (Å²) in [5.74, 6) is 0.0552. The first-order valence-corrected chi connectivity index (χ1v) is 12.8. The molecule has 149 valence electrons. The molecule has 0 saturated heterocycles. The lowest BCUT2D eigenvalue weighted by Crippen LogP contribution is -2.31. The number of hydrogen-bond donors (Lipinski definition) is 0. The highest BCUT2D eigenvalue weighted by molar-refractivity contribution is 7.91. The van der Waals surface area contributed by atoms with Gasteiger partial charge in [-0.3, -0.25) is 0 Å². The molecule has 0 bridgehead atoms. The Balaban J connectivity index is 2.71. The standard InChI is InChI=1S/C13H20Cl3N4O4S2/c14-3-9-25(21,22)7-1-5-20(13-18-11-17-12(16)19-13)6-2-8-26(23,24)10-4-15/h1-10H2. The average Bonchev–Trinajstić information content (AvgIpc) is 2.53. The normalized spacial score (nSPS) is 12.3. The average molecular weight is 467 g/mol. The van der Waals surface area contributed by atoms with E-state index in [4.69, 9.17) is 34.8 Å². The van der Waals surface area contributed by atoms with Gasteiger partial charge in [0.05, 0.1) is 23.0 Å². The van der Waals surface area contributed by atoms with E-state index in [0.29, 0.717) is 25.9 Å². The molecule has 0 aliphatic rings.